The van der Waals surface area contributed by atoms with Crippen LogP contribution in [-0.2, 0) is 6.42 Å². The second-order valence-corrected chi connectivity index (χ2v) is 10.1. The van der Waals surface area contributed by atoms with E-state index in [0.29, 0.717) is 34.8 Å². The zero-order valence-electron chi connectivity index (χ0n) is 21.2. The molecule has 3 atom stereocenters. The van der Waals surface area contributed by atoms with Crippen LogP contribution in [0.1, 0.15) is 25.2 Å². The maximum atomic E-state index is 14.3. The number of nitrogens with one attached hydrogen (secondary N) is 1. The molecule has 0 bridgehead atoms. The fraction of sp³-hybridized carbons (Fsp3) is 0.192. The lowest BCUT2D eigenvalue weighted by Crippen LogP contribution is -2.27. The van der Waals surface area contributed by atoms with Gasteiger partial charge in [-0.3, -0.25) is 9.97 Å². The van der Waals surface area contributed by atoms with Crippen molar-refractivity contribution in [2.24, 2.45) is 10.9 Å². The topological polar surface area (TPSA) is 125 Å². The fourth-order valence-electron chi connectivity index (χ4n) is 3.22. The third-order valence-corrected chi connectivity index (χ3v) is 5.88. The molecule has 3 aromatic rings. The number of anilines is 2. The van der Waals surface area contributed by atoms with Gasteiger partial charge < -0.3 is 10.4 Å². The Morgan fingerprint density at radius 1 is 1.24 bits per heavy atom. The quantitative estimate of drug-likeness (QED) is 0.108. The average Bonchev–Trinajstić information content (AvgIpc) is 2.88. The maximum absolute atomic E-state index is 14.3. The Morgan fingerprint density at radius 3 is 2.63 bits per heavy atom. The van der Waals surface area contributed by atoms with Gasteiger partial charge in [0.2, 0.25) is 0 Å². The lowest BCUT2D eigenvalue weighted by molar-refractivity contribution is 0.298. The highest BCUT2D eigenvalue weighted by molar-refractivity contribution is 7.27. The minimum absolute atomic E-state index is 0.0374. The number of hydrazone groups is 1. The molecular weight excluding hydrogens is 521 g/mol. The van der Waals surface area contributed by atoms with E-state index in [2.05, 4.69) is 55.4 Å². The van der Waals surface area contributed by atoms with Gasteiger partial charge in [-0.1, -0.05) is 28.0 Å². The van der Waals surface area contributed by atoms with E-state index in [9.17, 15) is 4.39 Å². The highest BCUT2D eigenvalue weighted by Gasteiger charge is 2.20. The minimum atomic E-state index is -1.58. The third-order valence-electron chi connectivity index (χ3n) is 5.12. The number of hydrogen-bond acceptors (Lipinski definition) is 9. The summed E-state index contributed by atoms with van der Waals surface area (Å²) in [6, 6.07) is 7.26. The number of halogens is 1. The molecule has 3 unspecified atom stereocenters. The van der Waals surface area contributed by atoms with E-state index in [1.54, 1.807) is 49.0 Å². The molecule has 0 aliphatic carbocycles. The molecule has 9 nitrogen and oxygen atoms in total. The predicted octanol–water partition coefficient (Wildman–Crippen LogP) is 3.67. The molecular formula is C26H31FN8OP2. The number of alkyl halides is 1. The van der Waals surface area contributed by atoms with E-state index in [1.165, 1.54) is 13.1 Å². The van der Waals surface area contributed by atoms with Gasteiger partial charge in [-0.2, -0.15) is 10.2 Å². The highest BCUT2D eigenvalue weighted by Crippen LogP contribution is 2.30. The van der Waals surface area contributed by atoms with Crippen molar-refractivity contribution in [3.05, 3.63) is 90.3 Å². The van der Waals surface area contributed by atoms with E-state index < -0.39 is 5.41 Å². The molecule has 0 radical (unpaired) electrons. The Hall–Kier alpha value is -3.42. The normalized spacial score (nSPS) is 13.6. The minimum Gasteiger partial charge on any atom is -0.396 e. The summed E-state index contributed by atoms with van der Waals surface area (Å²) in [7, 11) is 4.77. The molecule has 0 aliphatic heterocycles. The van der Waals surface area contributed by atoms with Crippen LogP contribution < -0.4 is 21.6 Å². The maximum Gasteiger partial charge on any atom is 0.262 e. The fourth-order valence-corrected chi connectivity index (χ4v) is 3.71. The van der Waals surface area contributed by atoms with Crippen LogP contribution in [0.3, 0.4) is 0 Å². The first-order valence-electron chi connectivity index (χ1n) is 11.6. The number of hydrogen-bond donors (Lipinski definition) is 3. The Bertz CT molecular complexity index is 1340. The number of pyridine rings is 2. The van der Waals surface area contributed by atoms with Crippen LogP contribution in [-0.4, -0.2) is 43.3 Å². The summed E-state index contributed by atoms with van der Waals surface area (Å²) in [5.41, 5.74) is 4.43. The SMILES string of the molecule is C=C(/C=C(\C=C/C)C(C)(F)P)Nc1ccc(/C=N/N(N)c2ncc(P)c(-c3ccc(CCO)nc3)n2)nc1. The molecule has 38 heavy (non-hydrogen) atoms. The van der Waals surface area contributed by atoms with Crippen LogP contribution in [0.25, 0.3) is 11.3 Å². The summed E-state index contributed by atoms with van der Waals surface area (Å²) in [5.74, 6) is 6.26. The predicted molar refractivity (Wildman–Crippen MR) is 159 cm³/mol. The summed E-state index contributed by atoms with van der Waals surface area (Å²) < 4.78 is 14.3. The lowest BCUT2D eigenvalue weighted by atomic mass is 10.1. The van der Waals surface area contributed by atoms with Crippen molar-refractivity contribution in [2.75, 3.05) is 17.0 Å². The number of aromatic nitrogens is 4. The van der Waals surface area contributed by atoms with E-state index in [0.717, 1.165) is 21.7 Å². The van der Waals surface area contributed by atoms with Gasteiger partial charge in [0.05, 0.1) is 29.5 Å². The standard InChI is InChI=1S/C26H31FN8OP2/c1-4-5-19(26(3,27)38)12-17(2)33-22-9-8-21(30-14-22)15-32-35(28)25-31-16-23(37)24(34-25)18-6-7-20(10-11-36)29-13-18/h4-9,12-16,33,36H,2,10-11,28,37-38H2,1,3H3/b5-4-,19-12+,32-15+. The summed E-state index contributed by atoms with van der Waals surface area (Å²) in [6.45, 7) is 7.27. The number of hydrazine groups is 1. The van der Waals surface area contributed by atoms with Gasteiger partial charge in [-0.15, -0.1) is 9.24 Å². The van der Waals surface area contributed by atoms with E-state index in [1.807, 2.05) is 19.1 Å². The Balaban J connectivity index is 1.68. The third kappa shape index (κ3) is 8.30. The molecule has 0 spiro atoms. The molecule has 3 heterocycles. The molecule has 0 saturated carbocycles. The summed E-state index contributed by atoms with van der Waals surface area (Å²) in [6.07, 6.45) is 12.0. The molecule has 4 N–H and O–H groups in total. The molecule has 3 rings (SSSR count). The first-order chi connectivity index (χ1) is 18.1. The van der Waals surface area contributed by atoms with Crippen molar-refractivity contribution in [1.82, 2.24) is 19.9 Å². The molecule has 198 valence electrons. The lowest BCUT2D eigenvalue weighted by Gasteiger charge is -2.17. The molecule has 3 aromatic heterocycles. The van der Waals surface area contributed by atoms with Gasteiger partial charge in [0.15, 0.2) is 0 Å². The first-order valence-corrected chi connectivity index (χ1v) is 12.8. The zero-order chi connectivity index (χ0) is 27.7. The summed E-state index contributed by atoms with van der Waals surface area (Å²) in [4.78, 5) is 17.5. The summed E-state index contributed by atoms with van der Waals surface area (Å²) >= 11 is 0. The van der Waals surface area contributed by atoms with Crippen molar-refractivity contribution >= 4 is 41.6 Å². The van der Waals surface area contributed by atoms with E-state index in [4.69, 9.17) is 10.9 Å². The molecule has 0 aliphatic rings. The molecule has 0 amide bonds. The van der Waals surface area contributed by atoms with Crippen LogP contribution >= 0.6 is 18.5 Å². The van der Waals surface area contributed by atoms with Crippen molar-refractivity contribution in [1.29, 1.82) is 0 Å². The van der Waals surface area contributed by atoms with E-state index in [-0.39, 0.29) is 12.6 Å². The number of nitrogens with zero attached hydrogens (tertiary/aromatic N) is 6. The first kappa shape index (κ1) is 29.1. The van der Waals surface area contributed by atoms with Gasteiger partial charge in [0.1, 0.15) is 5.41 Å². The smallest absolute Gasteiger partial charge is 0.262 e. The second-order valence-electron chi connectivity index (χ2n) is 8.37. The summed E-state index contributed by atoms with van der Waals surface area (Å²) in [5, 5.41) is 16.6. The van der Waals surface area contributed by atoms with Crippen molar-refractivity contribution in [2.45, 2.75) is 25.7 Å². The average molecular weight is 553 g/mol. The zero-order valence-corrected chi connectivity index (χ0v) is 23.5. The molecule has 0 saturated heterocycles. The van der Waals surface area contributed by atoms with Crippen molar-refractivity contribution in [3.8, 4) is 11.3 Å². The molecule has 0 fully saturated rings. The number of aliphatic hydroxyl groups excluding tert-OH is 1. The van der Waals surface area contributed by atoms with Gasteiger partial charge in [0, 0.05) is 47.7 Å². The van der Waals surface area contributed by atoms with Crippen LogP contribution in [0, 0.1) is 0 Å². The van der Waals surface area contributed by atoms with Crippen LogP contribution in [0.2, 0.25) is 0 Å². The van der Waals surface area contributed by atoms with Gasteiger partial charge in [0.25, 0.3) is 5.95 Å². The van der Waals surface area contributed by atoms with Crippen molar-refractivity contribution in [3.63, 3.8) is 0 Å². The van der Waals surface area contributed by atoms with Gasteiger partial charge in [-0.25, -0.2) is 20.2 Å². The Labute approximate surface area is 226 Å². The second kappa shape index (κ2) is 13.4. The number of aliphatic hydroxyl groups is 1. The monoisotopic (exact) mass is 552 g/mol. The van der Waals surface area contributed by atoms with Crippen molar-refractivity contribution < 1.29 is 9.50 Å². The van der Waals surface area contributed by atoms with Crippen LogP contribution in [0.4, 0.5) is 16.0 Å². The largest absolute Gasteiger partial charge is 0.396 e. The van der Waals surface area contributed by atoms with Crippen LogP contribution in [0.15, 0.2) is 84.0 Å². The molecule has 0 aromatic carbocycles. The Kier molecular flexibility index (Phi) is 10.3. The van der Waals surface area contributed by atoms with Crippen LogP contribution in [0.5, 0.6) is 0 Å². The number of rotatable bonds is 11. The molecule has 12 heteroatoms. The van der Waals surface area contributed by atoms with Gasteiger partial charge in [-0.05, 0) is 49.8 Å². The highest BCUT2D eigenvalue weighted by atomic mass is 31.0. The van der Waals surface area contributed by atoms with E-state index >= 15 is 0 Å². The number of nitrogens with two attached hydrogens (primary N) is 1. The van der Waals surface area contributed by atoms with Gasteiger partial charge >= 0.3 is 0 Å². The number of allylic oxidation sites excluding steroid dienone is 4. The Morgan fingerprint density at radius 2 is 2.03 bits per heavy atom.